The van der Waals surface area contributed by atoms with E-state index in [0.717, 1.165) is 24.8 Å². The minimum absolute atomic E-state index is 0.227. The van der Waals surface area contributed by atoms with Gasteiger partial charge in [-0.2, -0.15) is 0 Å². The van der Waals surface area contributed by atoms with Crippen molar-refractivity contribution in [2.75, 3.05) is 6.54 Å². The van der Waals surface area contributed by atoms with Crippen molar-refractivity contribution in [2.24, 2.45) is 5.73 Å². The summed E-state index contributed by atoms with van der Waals surface area (Å²) in [6, 6.07) is 7.99. The molecule has 18 heavy (non-hydrogen) atoms. The van der Waals surface area contributed by atoms with Crippen LogP contribution in [-0.4, -0.2) is 23.7 Å². The summed E-state index contributed by atoms with van der Waals surface area (Å²) >= 11 is 0. The van der Waals surface area contributed by atoms with Crippen LogP contribution in [0.25, 0.3) is 0 Å². The molecule has 0 radical (unpaired) electrons. The first-order valence-electron chi connectivity index (χ1n) is 6.39. The lowest BCUT2D eigenvalue weighted by molar-refractivity contribution is -0.160. The fourth-order valence-corrected chi connectivity index (χ4v) is 2.33. The third kappa shape index (κ3) is 2.89. The normalized spacial score (nSPS) is 20.0. The second-order valence-electron chi connectivity index (χ2n) is 4.61. The molecular weight excluding hydrogens is 230 g/mol. The van der Waals surface area contributed by atoms with Crippen LogP contribution in [0.1, 0.15) is 36.5 Å². The molecule has 0 aliphatic heterocycles. The van der Waals surface area contributed by atoms with Gasteiger partial charge in [-0.25, -0.2) is 4.79 Å². The van der Waals surface area contributed by atoms with Crippen molar-refractivity contribution >= 4 is 5.97 Å². The number of rotatable bonds is 4. The second kappa shape index (κ2) is 5.98. The number of nitrogens with two attached hydrogens (primary N) is 1. The highest BCUT2D eigenvalue weighted by Crippen LogP contribution is 2.32. The van der Waals surface area contributed by atoms with E-state index in [2.05, 4.69) is 6.07 Å². The highest BCUT2D eigenvalue weighted by Gasteiger charge is 2.25. The van der Waals surface area contributed by atoms with Crippen LogP contribution in [-0.2, 0) is 16.0 Å². The monoisotopic (exact) mass is 249 g/mol. The Morgan fingerprint density at radius 2 is 2.28 bits per heavy atom. The summed E-state index contributed by atoms with van der Waals surface area (Å²) in [7, 11) is 0. The number of esters is 1. The predicted octanol–water partition coefficient (Wildman–Crippen LogP) is 1.32. The van der Waals surface area contributed by atoms with Gasteiger partial charge in [0.1, 0.15) is 6.10 Å². The Kier molecular flexibility index (Phi) is 4.33. The van der Waals surface area contributed by atoms with E-state index in [0.29, 0.717) is 0 Å². The molecule has 1 aliphatic carbocycles. The van der Waals surface area contributed by atoms with Gasteiger partial charge in [0.15, 0.2) is 6.10 Å². The zero-order valence-electron chi connectivity index (χ0n) is 10.3. The molecule has 1 aromatic rings. The molecule has 0 amide bonds. The third-order valence-electron chi connectivity index (χ3n) is 3.28. The number of aryl methyl sites for hydroxylation is 1. The number of carbonyl (C=O) groups is 1. The molecule has 0 spiro atoms. The predicted molar refractivity (Wildman–Crippen MR) is 67.9 cm³/mol. The maximum Gasteiger partial charge on any atom is 0.335 e. The van der Waals surface area contributed by atoms with Gasteiger partial charge in [-0.15, -0.1) is 0 Å². The zero-order chi connectivity index (χ0) is 13.0. The van der Waals surface area contributed by atoms with Crippen molar-refractivity contribution in [1.82, 2.24) is 0 Å². The van der Waals surface area contributed by atoms with E-state index in [4.69, 9.17) is 10.5 Å². The van der Waals surface area contributed by atoms with Crippen LogP contribution >= 0.6 is 0 Å². The van der Waals surface area contributed by atoms with Crippen LogP contribution in [0.3, 0.4) is 0 Å². The van der Waals surface area contributed by atoms with Crippen LogP contribution in [0.4, 0.5) is 0 Å². The summed E-state index contributed by atoms with van der Waals surface area (Å²) in [4.78, 5) is 11.7. The Morgan fingerprint density at radius 3 is 3.06 bits per heavy atom. The number of hydrogen-bond acceptors (Lipinski definition) is 4. The summed E-state index contributed by atoms with van der Waals surface area (Å²) in [5.74, 6) is -0.567. The van der Waals surface area contributed by atoms with E-state index in [9.17, 15) is 9.90 Å². The van der Waals surface area contributed by atoms with Gasteiger partial charge in [0.25, 0.3) is 0 Å². The molecule has 0 fully saturated rings. The van der Waals surface area contributed by atoms with Crippen molar-refractivity contribution in [3.63, 3.8) is 0 Å². The smallest absolute Gasteiger partial charge is 0.335 e. The van der Waals surface area contributed by atoms with Gasteiger partial charge in [-0.3, -0.25) is 0 Å². The Hall–Kier alpha value is -1.39. The number of benzene rings is 1. The number of fused-ring (bicyclic) bond motifs is 1. The van der Waals surface area contributed by atoms with Crippen LogP contribution in [0, 0.1) is 0 Å². The Morgan fingerprint density at radius 1 is 1.50 bits per heavy atom. The minimum Gasteiger partial charge on any atom is -0.456 e. The quantitative estimate of drug-likeness (QED) is 0.789. The van der Waals surface area contributed by atoms with Gasteiger partial charge in [0, 0.05) is 0 Å². The van der Waals surface area contributed by atoms with E-state index in [1.165, 1.54) is 5.56 Å². The van der Waals surface area contributed by atoms with Gasteiger partial charge >= 0.3 is 5.97 Å². The van der Waals surface area contributed by atoms with Crippen LogP contribution in [0.15, 0.2) is 24.3 Å². The lowest BCUT2D eigenvalue weighted by atomic mass is 9.89. The molecule has 0 saturated heterocycles. The molecule has 0 saturated carbocycles. The van der Waals surface area contributed by atoms with Crippen LogP contribution < -0.4 is 5.73 Å². The van der Waals surface area contributed by atoms with E-state index >= 15 is 0 Å². The lowest BCUT2D eigenvalue weighted by Crippen LogP contribution is -2.28. The van der Waals surface area contributed by atoms with Gasteiger partial charge in [-0.1, -0.05) is 24.3 Å². The number of ether oxygens (including phenoxy) is 1. The first-order chi connectivity index (χ1) is 8.72. The molecular formula is C14H19NO3. The highest BCUT2D eigenvalue weighted by molar-refractivity contribution is 5.74. The molecule has 98 valence electrons. The number of carbonyl (C=O) groups excluding carboxylic acids is 1. The molecule has 1 aromatic carbocycles. The Labute approximate surface area is 107 Å². The number of aliphatic hydroxyl groups excluding tert-OH is 1. The highest BCUT2D eigenvalue weighted by atomic mass is 16.6. The molecule has 2 atom stereocenters. The van der Waals surface area contributed by atoms with Crippen molar-refractivity contribution in [1.29, 1.82) is 0 Å². The third-order valence-corrected chi connectivity index (χ3v) is 3.28. The molecule has 0 aromatic heterocycles. The Balaban J connectivity index is 2.05. The van der Waals surface area contributed by atoms with Crippen molar-refractivity contribution < 1.29 is 14.6 Å². The van der Waals surface area contributed by atoms with Crippen LogP contribution in [0.2, 0.25) is 0 Å². The maximum absolute atomic E-state index is 11.7. The summed E-state index contributed by atoms with van der Waals surface area (Å²) in [5, 5.41) is 9.54. The van der Waals surface area contributed by atoms with Crippen LogP contribution in [0.5, 0.6) is 0 Å². The van der Waals surface area contributed by atoms with E-state index in [-0.39, 0.29) is 19.1 Å². The number of aliphatic hydroxyl groups is 1. The molecule has 2 unspecified atom stereocenters. The summed E-state index contributed by atoms with van der Waals surface area (Å²) < 4.78 is 5.39. The molecule has 0 heterocycles. The SMILES string of the molecule is NCCC(O)C(=O)OC1CCCc2ccccc21. The first-order valence-corrected chi connectivity index (χ1v) is 6.39. The van der Waals surface area contributed by atoms with E-state index in [1.54, 1.807) is 0 Å². The Bertz CT molecular complexity index is 419. The fraction of sp³-hybridized carbons (Fsp3) is 0.500. The van der Waals surface area contributed by atoms with Crippen molar-refractivity contribution in [3.05, 3.63) is 35.4 Å². The fourth-order valence-electron chi connectivity index (χ4n) is 2.33. The van der Waals surface area contributed by atoms with E-state index in [1.807, 2.05) is 18.2 Å². The minimum atomic E-state index is -1.11. The molecule has 3 N–H and O–H groups in total. The summed E-state index contributed by atoms with van der Waals surface area (Å²) in [5.41, 5.74) is 7.61. The molecule has 1 aliphatic rings. The van der Waals surface area contributed by atoms with Crippen molar-refractivity contribution in [2.45, 2.75) is 37.9 Å². The molecule has 0 bridgehead atoms. The average molecular weight is 249 g/mol. The lowest BCUT2D eigenvalue weighted by Gasteiger charge is -2.26. The molecule has 4 heteroatoms. The van der Waals surface area contributed by atoms with Gasteiger partial charge in [-0.05, 0) is 43.4 Å². The molecule has 2 rings (SSSR count). The largest absolute Gasteiger partial charge is 0.456 e. The van der Waals surface area contributed by atoms with Gasteiger partial charge in [0.2, 0.25) is 0 Å². The topological polar surface area (TPSA) is 72.5 Å². The van der Waals surface area contributed by atoms with Crippen molar-refractivity contribution in [3.8, 4) is 0 Å². The first kappa shape index (κ1) is 13.1. The average Bonchev–Trinajstić information content (AvgIpc) is 2.39. The summed E-state index contributed by atoms with van der Waals surface area (Å²) in [6.45, 7) is 0.275. The van der Waals surface area contributed by atoms with Gasteiger partial charge < -0.3 is 15.6 Å². The number of hydrogen-bond donors (Lipinski definition) is 2. The second-order valence-corrected chi connectivity index (χ2v) is 4.61. The van der Waals surface area contributed by atoms with E-state index < -0.39 is 12.1 Å². The molecule has 4 nitrogen and oxygen atoms in total. The maximum atomic E-state index is 11.7. The zero-order valence-corrected chi connectivity index (χ0v) is 10.3. The standard InChI is InChI=1S/C14H19NO3/c15-9-8-12(16)14(17)18-13-7-3-5-10-4-1-2-6-11(10)13/h1-2,4,6,12-13,16H,3,5,7-9,15H2. The van der Waals surface area contributed by atoms with Gasteiger partial charge in [0.05, 0.1) is 0 Å². The summed E-state index contributed by atoms with van der Waals surface area (Å²) in [6.07, 6.45) is 1.75.